The van der Waals surface area contributed by atoms with E-state index in [1.807, 2.05) is 0 Å². The fraction of sp³-hybridized carbons (Fsp3) is 0.583. The fourth-order valence-electron chi connectivity index (χ4n) is 2.09. The molecule has 18 heavy (non-hydrogen) atoms. The molecule has 5 nitrogen and oxygen atoms in total. The summed E-state index contributed by atoms with van der Waals surface area (Å²) < 4.78 is 26.4. The highest BCUT2D eigenvalue weighted by molar-refractivity contribution is 7.89. The Hall–Kier alpha value is -1.14. The first-order chi connectivity index (χ1) is 8.33. The third-order valence-electron chi connectivity index (χ3n) is 3.49. The average molecular weight is 269 g/mol. The van der Waals surface area contributed by atoms with E-state index in [1.165, 1.54) is 16.6 Å². The highest BCUT2D eigenvalue weighted by Crippen LogP contribution is 2.32. The predicted octanol–water partition coefficient (Wildman–Crippen LogP) is 1.47. The van der Waals surface area contributed by atoms with Crippen molar-refractivity contribution in [1.29, 1.82) is 0 Å². The molecule has 1 aliphatic heterocycles. The van der Waals surface area contributed by atoms with E-state index in [9.17, 15) is 8.42 Å². The zero-order valence-electron chi connectivity index (χ0n) is 10.8. The number of rotatable bonds is 2. The number of hydrogen-bond acceptors (Lipinski definition) is 4. The first-order valence-corrected chi connectivity index (χ1v) is 7.48. The maximum atomic E-state index is 12.4. The molecule has 0 atom stereocenters. The highest BCUT2D eigenvalue weighted by atomic mass is 32.2. The molecule has 1 aromatic rings. The van der Waals surface area contributed by atoms with Crippen molar-refractivity contribution >= 4 is 15.8 Å². The Balaban J connectivity index is 2.26. The van der Waals surface area contributed by atoms with E-state index >= 15 is 0 Å². The molecule has 0 radical (unpaired) electrons. The molecular weight excluding hydrogens is 250 g/mol. The molecule has 1 saturated heterocycles. The van der Waals surface area contributed by atoms with Crippen molar-refractivity contribution in [2.75, 3.05) is 18.8 Å². The van der Waals surface area contributed by atoms with Crippen LogP contribution in [0.2, 0.25) is 0 Å². The van der Waals surface area contributed by atoms with Gasteiger partial charge in [-0.3, -0.25) is 0 Å². The number of piperidine rings is 1. The van der Waals surface area contributed by atoms with Crippen LogP contribution < -0.4 is 5.73 Å². The lowest BCUT2D eigenvalue weighted by Gasteiger charge is -2.36. The molecule has 1 fully saturated rings. The predicted molar refractivity (Wildman–Crippen MR) is 70.4 cm³/mol. The Labute approximate surface area is 108 Å². The molecular formula is C12H19N3O2S. The van der Waals surface area contributed by atoms with Gasteiger partial charge in [-0.15, -0.1) is 0 Å². The van der Waals surface area contributed by atoms with E-state index in [-0.39, 0.29) is 16.1 Å². The van der Waals surface area contributed by atoms with Crippen molar-refractivity contribution < 1.29 is 8.42 Å². The van der Waals surface area contributed by atoms with Crippen molar-refractivity contribution in [3.8, 4) is 0 Å². The van der Waals surface area contributed by atoms with E-state index < -0.39 is 10.0 Å². The second-order valence-electron chi connectivity index (χ2n) is 5.46. The third kappa shape index (κ3) is 2.49. The number of nitrogens with zero attached hydrogens (tertiary/aromatic N) is 2. The Bertz CT molecular complexity index is 530. The minimum absolute atomic E-state index is 0.0716. The Morgan fingerprint density at radius 1 is 1.33 bits per heavy atom. The minimum Gasteiger partial charge on any atom is -0.383 e. The van der Waals surface area contributed by atoms with Crippen LogP contribution in [0, 0.1) is 5.41 Å². The average Bonchev–Trinajstić information content (AvgIpc) is 2.28. The lowest BCUT2D eigenvalue weighted by molar-refractivity contribution is 0.196. The lowest BCUT2D eigenvalue weighted by atomic mass is 9.83. The van der Waals surface area contributed by atoms with Gasteiger partial charge in [-0.1, -0.05) is 13.8 Å². The molecule has 0 amide bonds. The maximum Gasteiger partial charge on any atom is 0.246 e. The molecule has 0 bridgehead atoms. The summed E-state index contributed by atoms with van der Waals surface area (Å²) in [5, 5.41) is 0. The topological polar surface area (TPSA) is 76.3 Å². The summed E-state index contributed by atoms with van der Waals surface area (Å²) in [6.07, 6.45) is 3.23. The lowest BCUT2D eigenvalue weighted by Crippen LogP contribution is -2.41. The van der Waals surface area contributed by atoms with Crippen LogP contribution in [0.25, 0.3) is 0 Å². The minimum atomic E-state index is -3.50. The van der Waals surface area contributed by atoms with Crippen molar-refractivity contribution in [2.24, 2.45) is 5.41 Å². The quantitative estimate of drug-likeness (QED) is 0.882. The van der Waals surface area contributed by atoms with Crippen molar-refractivity contribution in [3.63, 3.8) is 0 Å². The zero-order chi connectivity index (χ0) is 13.4. The van der Waals surface area contributed by atoms with Crippen LogP contribution >= 0.6 is 0 Å². The van der Waals surface area contributed by atoms with Gasteiger partial charge in [0.1, 0.15) is 10.7 Å². The number of pyridine rings is 1. The molecule has 6 heteroatoms. The van der Waals surface area contributed by atoms with Crippen LogP contribution in [0.5, 0.6) is 0 Å². The molecule has 0 saturated carbocycles. The maximum absolute atomic E-state index is 12.4. The molecule has 1 aliphatic rings. The van der Waals surface area contributed by atoms with Gasteiger partial charge in [0, 0.05) is 19.3 Å². The van der Waals surface area contributed by atoms with Crippen LogP contribution in [0.3, 0.4) is 0 Å². The normalized spacial score (nSPS) is 20.8. The van der Waals surface area contributed by atoms with E-state index in [2.05, 4.69) is 18.8 Å². The van der Waals surface area contributed by atoms with Crippen LogP contribution in [-0.2, 0) is 10.0 Å². The number of aromatic nitrogens is 1. The van der Waals surface area contributed by atoms with Crippen LogP contribution in [-0.4, -0.2) is 30.8 Å². The van der Waals surface area contributed by atoms with Gasteiger partial charge in [0.05, 0.1) is 0 Å². The summed E-state index contributed by atoms with van der Waals surface area (Å²) in [7, 11) is -3.50. The van der Waals surface area contributed by atoms with E-state index in [4.69, 9.17) is 5.73 Å². The Morgan fingerprint density at radius 3 is 2.50 bits per heavy atom. The summed E-state index contributed by atoms with van der Waals surface area (Å²) in [6.45, 7) is 5.41. The second kappa shape index (κ2) is 4.51. The molecule has 2 heterocycles. The van der Waals surface area contributed by atoms with Gasteiger partial charge in [-0.25, -0.2) is 13.4 Å². The van der Waals surface area contributed by atoms with Crippen LogP contribution in [0.4, 0.5) is 5.82 Å². The van der Waals surface area contributed by atoms with E-state index in [1.54, 1.807) is 6.07 Å². The van der Waals surface area contributed by atoms with Gasteiger partial charge in [0.15, 0.2) is 0 Å². The number of nitrogens with two attached hydrogens (primary N) is 1. The summed E-state index contributed by atoms with van der Waals surface area (Å²) in [5.41, 5.74) is 5.86. The van der Waals surface area contributed by atoms with Gasteiger partial charge in [-0.2, -0.15) is 4.31 Å². The molecule has 1 aromatic heterocycles. The summed E-state index contributed by atoms with van der Waals surface area (Å²) >= 11 is 0. The summed E-state index contributed by atoms with van der Waals surface area (Å²) in [4.78, 5) is 3.96. The Morgan fingerprint density at radius 2 is 1.94 bits per heavy atom. The van der Waals surface area contributed by atoms with Crippen LogP contribution in [0.15, 0.2) is 23.2 Å². The molecule has 2 N–H and O–H groups in total. The number of nitrogen functional groups attached to an aromatic ring is 1. The monoisotopic (exact) mass is 269 g/mol. The summed E-state index contributed by atoms with van der Waals surface area (Å²) in [5.74, 6) is 0.0716. The number of hydrogen-bond donors (Lipinski definition) is 1. The molecule has 2 rings (SSSR count). The van der Waals surface area contributed by atoms with Gasteiger partial charge in [0.2, 0.25) is 10.0 Å². The molecule has 0 aliphatic carbocycles. The zero-order valence-corrected chi connectivity index (χ0v) is 11.6. The first-order valence-electron chi connectivity index (χ1n) is 6.04. The van der Waals surface area contributed by atoms with Crippen LogP contribution in [0.1, 0.15) is 26.7 Å². The molecule has 0 unspecified atom stereocenters. The van der Waals surface area contributed by atoms with Gasteiger partial charge < -0.3 is 5.73 Å². The third-order valence-corrected chi connectivity index (χ3v) is 5.44. The fourth-order valence-corrected chi connectivity index (χ4v) is 3.60. The van der Waals surface area contributed by atoms with Crippen molar-refractivity contribution in [2.45, 2.75) is 31.6 Å². The van der Waals surface area contributed by atoms with Gasteiger partial charge in [0.25, 0.3) is 0 Å². The highest BCUT2D eigenvalue weighted by Gasteiger charge is 2.33. The molecule has 100 valence electrons. The largest absolute Gasteiger partial charge is 0.383 e. The van der Waals surface area contributed by atoms with Gasteiger partial charge in [-0.05, 0) is 30.4 Å². The standard InChI is InChI=1S/C12H19N3O2S/c1-12(2)5-8-15(9-6-12)18(16,17)10-4-3-7-14-11(10)13/h3-4,7H,5-6,8-9H2,1-2H3,(H2,13,14). The Kier molecular flexibility index (Phi) is 3.33. The molecule has 0 aromatic carbocycles. The number of anilines is 1. The smallest absolute Gasteiger partial charge is 0.246 e. The first kappa shape index (κ1) is 13.3. The second-order valence-corrected chi connectivity index (χ2v) is 7.36. The van der Waals surface area contributed by atoms with E-state index in [0.717, 1.165) is 12.8 Å². The van der Waals surface area contributed by atoms with Crippen molar-refractivity contribution in [1.82, 2.24) is 9.29 Å². The van der Waals surface area contributed by atoms with Gasteiger partial charge >= 0.3 is 0 Å². The van der Waals surface area contributed by atoms with Crippen molar-refractivity contribution in [3.05, 3.63) is 18.3 Å². The number of sulfonamides is 1. The van der Waals surface area contributed by atoms with E-state index in [0.29, 0.717) is 13.1 Å². The SMILES string of the molecule is CC1(C)CCN(S(=O)(=O)c2cccnc2N)CC1. The molecule has 0 spiro atoms. The summed E-state index contributed by atoms with van der Waals surface area (Å²) in [6, 6.07) is 3.11.